The highest BCUT2D eigenvalue weighted by molar-refractivity contribution is 5.73. The van der Waals surface area contributed by atoms with Gasteiger partial charge >= 0.3 is 60.1 Å². The van der Waals surface area contributed by atoms with Crippen LogP contribution >= 0.6 is 0 Å². The van der Waals surface area contributed by atoms with E-state index in [2.05, 4.69) is 35.1 Å². The van der Waals surface area contributed by atoms with E-state index in [1.165, 1.54) is 36.5 Å². The summed E-state index contributed by atoms with van der Waals surface area (Å²) in [5, 5.41) is 107. The van der Waals surface area contributed by atoms with Crippen molar-refractivity contribution in [1.29, 1.82) is 0 Å². The molecule has 15 rings (SSSR count). The lowest BCUT2D eigenvalue weighted by atomic mass is 9.73. The second kappa shape index (κ2) is 58.6. The maximum atomic E-state index is 11.9. The average molecular weight is 2090 g/mol. The molecular weight excluding hydrogens is 1930 g/mol. The van der Waals surface area contributed by atoms with Crippen LogP contribution in [0.5, 0.6) is 28.7 Å². The number of carbonyl (C=O) groups excluding carboxylic acids is 5. The molecule has 0 heterocycles. The smallest absolute Gasteiger partial charge is 0.482 e. The van der Waals surface area contributed by atoms with E-state index in [4.69, 9.17) is 92.2 Å². The number of ether oxygens (including phenoxy) is 14. The van der Waals surface area contributed by atoms with E-state index in [9.17, 15) is 73.5 Å². The minimum atomic E-state index is -1.000. The van der Waals surface area contributed by atoms with Gasteiger partial charge in [0.1, 0.15) is 79.1 Å². The Morgan fingerprint density at radius 1 is 0.295 bits per heavy atom. The third-order valence-electron chi connectivity index (χ3n) is 32.5. The van der Waals surface area contributed by atoms with Crippen LogP contribution in [-0.2, 0) is 145 Å². The van der Waals surface area contributed by atoms with Gasteiger partial charge in [-0.15, -0.1) is 0 Å². The monoisotopic (exact) mass is 2090 g/mol. The number of benzene rings is 5. The maximum Gasteiger partial charge on any atom is 0.508 e. The van der Waals surface area contributed by atoms with E-state index in [1.54, 1.807) is 6.92 Å². The maximum absolute atomic E-state index is 11.9. The fourth-order valence-corrected chi connectivity index (χ4v) is 25.5. The molecule has 824 valence electrons. The van der Waals surface area contributed by atoms with Crippen LogP contribution in [0, 0.1) is 88.8 Å². The molecule has 10 aliphatic carbocycles. The molecule has 0 aromatic heterocycles. The molecule has 0 amide bonds. The van der Waals surface area contributed by atoms with Gasteiger partial charge in [0.15, 0.2) is 33.0 Å². The van der Waals surface area contributed by atoms with Crippen molar-refractivity contribution in [2.45, 2.75) is 302 Å². The lowest BCUT2D eigenvalue weighted by molar-refractivity contribution is -0.155. The van der Waals surface area contributed by atoms with Gasteiger partial charge in [0.25, 0.3) is 0 Å². The molecule has 35 heteroatoms. The Balaban J connectivity index is 0.000000177. The van der Waals surface area contributed by atoms with E-state index < -0.39 is 60.8 Å². The predicted octanol–water partition coefficient (Wildman–Crippen LogP) is 14.4. The van der Waals surface area contributed by atoms with Gasteiger partial charge in [-0.25, -0.2) is 47.9 Å². The Morgan fingerprint density at radius 3 is 0.745 bits per heavy atom. The lowest BCUT2D eigenvalue weighted by Gasteiger charge is -2.32. The minimum absolute atomic E-state index is 0.0210. The van der Waals surface area contributed by atoms with E-state index >= 15 is 0 Å². The van der Waals surface area contributed by atoms with Crippen LogP contribution < -0.4 is 23.7 Å². The molecule has 149 heavy (non-hydrogen) atoms. The van der Waals surface area contributed by atoms with Crippen molar-refractivity contribution < 1.29 is 170 Å². The number of hydrogen-bond acceptors (Lipinski definition) is 30. The molecule has 11 N–H and O–H groups in total. The quantitative estimate of drug-likeness (QED) is 0.0127. The second-order valence-electron chi connectivity index (χ2n) is 41.5. The van der Waals surface area contributed by atoms with Crippen LogP contribution in [0.3, 0.4) is 0 Å². The van der Waals surface area contributed by atoms with Gasteiger partial charge in [-0.2, -0.15) is 0 Å². The Hall–Kier alpha value is -10.9. The lowest BCUT2D eigenvalue weighted by Crippen LogP contribution is -2.29. The number of esters is 3. The molecule has 35 nitrogen and oxygen atoms in total. The Morgan fingerprint density at radius 2 is 0.530 bits per heavy atom. The first-order valence-corrected chi connectivity index (χ1v) is 53.6. The van der Waals surface area contributed by atoms with Crippen LogP contribution in [0.2, 0.25) is 0 Å². The second-order valence-corrected chi connectivity index (χ2v) is 41.5. The van der Waals surface area contributed by atoms with Crippen molar-refractivity contribution in [2.24, 2.45) is 88.8 Å². The third kappa shape index (κ3) is 33.5. The van der Waals surface area contributed by atoms with Crippen molar-refractivity contribution >= 4 is 60.1 Å². The summed E-state index contributed by atoms with van der Waals surface area (Å²) in [5.74, 6) is 1.25. The highest BCUT2D eigenvalue weighted by Crippen LogP contribution is 2.55. The highest BCUT2D eigenvalue weighted by atomic mass is 16.7. The fraction of sp³-hybridized carbons (Fsp3) is 0.649. The highest BCUT2D eigenvalue weighted by Gasteiger charge is 2.51. The van der Waals surface area contributed by atoms with Crippen molar-refractivity contribution in [3.05, 3.63) is 147 Å². The molecule has 10 aliphatic rings. The summed E-state index contributed by atoms with van der Waals surface area (Å²) in [6.45, 7) is 11.8. The third-order valence-corrected chi connectivity index (χ3v) is 32.5. The summed E-state index contributed by atoms with van der Waals surface area (Å²) in [6, 6.07) is 28.9. The summed E-state index contributed by atoms with van der Waals surface area (Å²) < 4.78 is 73.8. The summed E-state index contributed by atoms with van der Waals surface area (Å²) in [7, 11) is 2.77. The van der Waals surface area contributed by atoms with E-state index in [0.717, 1.165) is 187 Å². The topological polar surface area (TPSA) is 522 Å². The number of carbonyl (C=O) groups is 10. The van der Waals surface area contributed by atoms with Crippen LogP contribution in [0.1, 0.15) is 233 Å². The molecular formula is C114H158O35. The summed E-state index contributed by atoms with van der Waals surface area (Å²) in [5.41, 5.74) is 11.2. The van der Waals surface area contributed by atoms with Crippen LogP contribution in [0.4, 0.5) is 9.59 Å². The first-order chi connectivity index (χ1) is 71.6. The normalized spacial score (nSPS) is 25.9. The zero-order valence-corrected chi connectivity index (χ0v) is 87.6. The summed E-state index contributed by atoms with van der Waals surface area (Å²) in [4.78, 5) is 112. The van der Waals surface area contributed by atoms with Gasteiger partial charge in [0.2, 0.25) is 0 Å². The molecule has 5 aromatic rings. The summed E-state index contributed by atoms with van der Waals surface area (Å²) >= 11 is 0. The average Bonchev–Trinajstić information content (AvgIpc) is 1.64. The molecule has 0 bridgehead atoms. The molecule has 0 saturated heterocycles. The summed E-state index contributed by atoms with van der Waals surface area (Å²) in [6.07, 6.45) is 18.8. The Labute approximate surface area is 872 Å². The van der Waals surface area contributed by atoms with Crippen LogP contribution in [-0.4, -0.2) is 258 Å². The number of hydrogen-bond donors (Lipinski definition) is 11. The van der Waals surface area contributed by atoms with Gasteiger partial charge < -0.3 is 122 Å². The molecule has 0 spiro atoms. The SMILES string of the molecule is CCOC(=O)O[C@@H](CC)CC[C@@H]1[C@H]2Cc3cccc(OCC(=O)O)c3C[C@H]2C[C@H]1O.CCOCC(=O)O[C@@H](CC)CC[C@@H]1[C@H]2Cc3cccc(OCC(=O)O)c3C[C@H]2C[C@H]1O.CC[C@@H](CC[C@@H]1[C@H]2Cc3cccc(OCC(=O)O)c3C[C@H]2C[C@H]1O)OC(=O)CO.CC[C@@H](CC[C@@H]1[C@H]2Cc3cccc(OCC(=O)O)c3C[C@H]2C[C@H]1O)OC(=O)COC.CC[C@@H](CC[C@@H]1[C@H]2Cc3cccc(OCC(=O)O)c3C[C@H]2C[C@H]1O)OC(=O)OC. The minimum Gasteiger partial charge on any atom is -0.482 e. The molecule has 5 fully saturated rings. The van der Waals surface area contributed by atoms with Crippen molar-refractivity contribution in [3.63, 3.8) is 0 Å². The molecule has 0 radical (unpaired) electrons. The fourth-order valence-electron chi connectivity index (χ4n) is 25.5. The number of rotatable bonds is 47. The van der Waals surface area contributed by atoms with E-state index in [1.807, 2.05) is 102 Å². The number of carboxylic acid groups (broad SMARTS) is 5. The van der Waals surface area contributed by atoms with Gasteiger partial charge in [-0.1, -0.05) is 95.3 Å². The zero-order valence-electron chi connectivity index (χ0n) is 87.6. The van der Waals surface area contributed by atoms with Crippen molar-refractivity contribution in [3.8, 4) is 28.7 Å². The molecule has 25 atom stereocenters. The van der Waals surface area contributed by atoms with Gasteiger partial charge in [0, 0.05) is 13.7 Å². The van der Waals surface area contributed by atoms with Crippen LogP contribution in [0.15, 0.2) is 91.0 Å². The number of aliphatic carboxylic acids is 5. The van der Waals surface area contributed by atoms with Gasteiger partial charge in [-0.05, 0) is 381 Å². The van der Waals surface area contributed by atoms with Gasteiger partial charge in [-0.3, -0.25) is 0 Å². The first kappa shape index (κ1) is 118. The van der Waals surface area contributed by atoms with Crippen LogP contribution in [0.25, 0.3) is 0 Å². The largest absolute Gasteiger partial charge is 0.508 e. The van der Waals surface area contributed by atoms with Crippen molar-refractivity contribution in [1.82, 2.24) is 0 Å². The van der Waals surface area contributed by atoms with E-state index in [0.29, 0.717) is 133 Å². The first-order valence-electron chi connectivity index (χ1n) is 53.6. The number of carboxylic acids is 5. The van der Waals surface area contributed by atoms with E-state index in [-0.39, 0.29) is 149 Å². The Bertz CT molecular complexity index is 4920. The zero-order chi connectivity index (χ0) is 108. The predicted molar refractivity (Wildman–Crippen MR) is 542 cm³/mol. The molecule has 0 aliphatic heterocycles. The number of methoxy groups -OCH3 is 2. The standard InChI is InChI=1S/C24H34O7.2C23H32O7.2C22H30O7/c1-3-17(31-24(28)14-29-4-2)8-9-18-19-10-15-6-5-7-22(30-13-23(26)27)20(15)11-16(19)12-21(18)25;1-3-16(30-23(27)13-28-2)7-8-17-18-9-14-5-4-6-21(29-12-22(25)26)19(14)10-15(18)11-20(17)24;1-3-16(30-23(27)28-4-2)8-9-17-18-10-14-6-5-7-21(29-13-22(25)26)19(14)11-15(18)12-20(17)24;1-3-15(29-22(26)27-2)7-8-16-17-9-13-5-4-6-20(28-12-21(24)25)18(13)10-14(17)11-19(16)23;1-2-15(29-22(27)11-23)6-7-16-17-8-13-4-3-5-20(28-12-21(25)26)18(13)9-14(17)10-19(16)24/h5-7,16-19,21,25H,3-4,8-14H2,1-2H3,(H,26,27);4-6,15-18,20,24H,3,7-13H2,1-2H3,(H,25,26);5-7,15-18,20,24H,3-4,8-13H2,1-2H3,(H,25,26);4-6,14-17,19,23H,3,7-12H2,1-2H3,(H,24,25);3-5,14-17,19,23-24H,2,6-12H2,1H3,(H,25,26)/t16-,17-,18+,19-,21+;2*15-,16-,17+,18-,20+;2*14-,15-,16+,17-,19+/m00000/s1. The number of fused-ring (bicyclic) bond motifs is 10. The van der Waals surface area contributed by atoms with Crippen molar-refractivity contribution in [2.75, 3.05) is 80.3 Å². The number of aliphatic hydroxyl groups excluding tert-OH is 6. The van der Waals surface area contributed by atoms with Gasteiger partial charge in [0.05, 0.1) is 44.2 Å². The molecule has 5 saturated carbocycles. The number of aliphatic hydroxyl groups is 6. The molecule has 0 unspecified atom stereocenters. The molecule has 5 aromatic carbocycles. The Kier molecular flexibility index (Phi) is 46.6.